The van der Waals surface area contributed by atoms with Gasteiger partial charge in [0.05, 0.1) is 18.8 Å². The Morgan fingerprint density at radius 2 is 1.77 bits per heavy atom. The number of hydrogen-bond donors (Lipinski definition) is 5. The first kappa shape index (κ1) is 29.5. The lowest BCUT2D eigenvalue weighted by Crippen LogP contribution is -2.43. The molecule has 39 heavy (non-hydrogen) atoms. The van der Waals surface area contributed by atoms with Crippen molar-refractivity contribution in [2.75, 3.05) is 6.61 Å². The molecular weight excluding hydrogens is 584 g/mol. The van der Waals surface area contributed by atoms with Gasteiger partial charge in [0.25, 0.3) is 5.56 Å². The summed E-state index contributed by atoms with van der Waals surface area (Å²) < 4.78 is 37.6. The lowest BCUT2D eigenvalue weighted by atomic mass is 10.1. The summed E-state index contributed by atoms with van der Waals surface area (Å²) in [5.41, 5.74) is 0.128. The third-order valence-electron chi connectivity index (χ3n) is 5.64. The topological polar surface area (TPSA) is 220 Å². The van der Waals surface area contributed by atoms with Crippen LogP contribution in [0.5, 0.6) is 0 Å². The Balaban J connectivity index is 1.56. The van der Waals surface area contributed by atoms with E-state index in [1.54, 1.807) is 36.4 Å². The fraction of sp³-hybridized carbons (Fsp3) is 0.286. The molecule has 210 valence electrons. The number of rotatable bonds is 9. The lowest BCUT2D eigenvalue weighted by molar-refractivity contribution is -0.0547. The summed E-state index contributed by atoms with van der Waals surface area (Å²) in [6, 6.07) is 11.5. The highest BCUT2D eigenvalue weighted by Gasteiger charge is 2.46. The molecule has 1 aliphatic rings. The Hall–Kier alpha value is -2.52. The van der Waals surface area contributed by atoms with Gasteiger partial charge < -0.3 is 29.6 Å². The number of ether oxygens (including phenoxy) is 1. The van der Waals surface area contributed by atoms with Crippen molar-refractivity contribution in [2.45, 2.75) is 31.1 Å². The monoisotopic (exact) mass is 605 g/mol. The molecule has 3 heterocycles. The van der Waals surface area contributed by atoms with E-state index in [4.69, 9.17) is 26.1 Å². The van der Waals surface area contributed by atoms with Crippen molar-refractivity contribution < 1.29 is 47.6 Å². The summed E-state index contributed by atoms with van der Waals surface area (Å²) in [6.45, 7) is -1.21. The van der Waals surface area contributed by atoms with Crippen LogP contribution in [-0.2, 0) is 29.2 Å². The van der Waals surface area contributed by atoms with Crippen molar-refractivity contribution >= 4 is 27.2 Å². The number of aromatic nitrogens is 3. The van der Waals surface area contributed by atoms with Gasteiger partial charge in [0, 0.05) is 29.0 Å². The van der Waals surface area contributed by atoms with Gasteiger partial charge in [-0.15, -0.1) is 0 Å². The summed E-state index contributed by atoms with van der Waals surface area (Å²) in [5.74, 6) is 0. The SMILES string of the molecule is O=c1ccn([C@@H]2O[C@H](COP(=O)(O)OP(=O)(O)O)C(O)C2O)c(=O)n1Cc1cc(-c2ccccc2Cl)ccn1. The van der Waals surface area contributed by atoms with Crippen molar-refractivity contribution in [1.82, 2.24) is 14.1 Å². The molecule has 2 aromatic heterocycles. The predicted molar refractivity (Wildman–Crippen MR) is 134 cm³/mol. The molecule has 0 amide bonds. The number of nitrogens with zero attached hydrogens (tertiary/aromatic N) is 3. The van der Waals surface area contributed by atoms with Crippen LogP contribution < -0.4 is 11.2 Å². The highest BCUT2D eigenvalue weighted by Crippen LogP contribution is 2.57. The Morgan fingerprint density at radius 3 is 2.46 bits per heavy atom. The maximum atomic E-state index is 13.2. The average Bonchev–Trinajstić information content (AvgIpc) is 3.13. The number of benzene rings is 1. The Labute approximate surface area is 224 Å². The second-order valence-electron chi connectivity index (χ2n) is 8.33. The molecule has 5 atom stereocenters. The fourth-order valence-electron chi connectivity index (χ4n) is 3.88. The molecule has 3 aromatic rings. The zero-order chi connectivity index (χ0) is 28.5. The summed E-state index contributed by atoms with van der Waals surface area (Å²) >= 11 is 6.26. The van der Waals surface area contributed by atoms with Crippen molar-refractivity contribution in [3.63, 3.8) is 0 Å². The van der Waals surface area contributed by atoms with Gasteiger partial charge in [-0.2, -0.15) is 4.31 Å². The van der Waals surface area contributed by atoms with E-state index in [0.717, 1.165) is 21.4 Å². The molecule has 15 nitrogen and oxygen atoms in total. The van der Waals surface area contributed by atoms with E-state index < -0.39 is 58.0 Å². The zero-order valence-corrected chi connectivity index (χ0v) is 22.2. The molecule has 1 fully saturated rings. The van der Waals surface area contributed by atoms with Gasteiger partial charge in [0.1, 0.15) is 18.3 Å². The normalized spacial score (nSPS) is 23.0. The van der Waals surface area contributed by atoms with Gasteiger partial charge >= 0.3 is 21.3 Å². The van der Waals surface area contributed by atoms with Crippen LogP contribution in [0.4, 0.5) is 0 Å². The number of halogens is 1. The molecule has 5 N–H and O–H groups in total. The van der Waals surface area contributed by atoms with Crippen LogP contribution in [0.25, 0.3) is 11.1 Å². The molecule has 0 bridgehead atoms. The fourth-order valence-corrected chi connectivity index (χ4v) is 5.73. The smallest absolute Gasteiger partial charge is 0.387 e. The molecule has 1 saturated heterocycles. The van der Waals surface area contributed by atoms with Gasteiger partial charge in [-0.25, -0.2) is 13.9 Å². The van der Waals surface area contributed by atoms with Crippen LogP contribution in [0.1, 0.15) is 11.9 Å². The minimum Gasteiger partial charge on any atom is -0.387 e. The number of hydrogen-bond acceptors (Lipinski definition) is 10. The van der Waals surface area contributed by atoms with E-state index in [2.05, 4.69) is 13.8 Å². The molecule has 0 radical (unpaired) electrons. The Kier molecular flexibility index (Phi) is 8.71. The Morgan fingerprint density at radius 1 is 1.05 bits per heavy atom. The molecule has 1 aromatic carbocycles. The van der Waals surface area contributed by atoms with E-state index in [1.807, 2.05) is 0 Å². The van der Waals surface area contributed by atoms with Gasteiger partial charge in [-0.05, 0) is 23.8 Å². The van der Waals surface area contributed by atoms with Gasteiger partial charge in [0.2, 0.25) is 0 Å². The minimum absolute atomic E-state index is 0.262. The summed E-state index contributed by atoms with van der Waals surface area (Å²) in [6.07, 6.45) is -4.08. The first-order valence-corrected chi connectivity index (χ1v) is 14.4. The molecule has 4 rings (SSSR count). The molecule has 3 unspecified atom stereocenters. The second-order valence-corrected chi connectivity index (χ2v) is 11.6. The van der Waals surface area contributed by atoms with E-state index >= 15 is 0 Å². The molecule has 0 spiro atoms. The quantitative estimate of drug-likeness (QED) is 0.211. The lowest BCUT2D eigenvalue weighted by Gasteiger charge is -2.19. The van der Waals surface area contributed by atoms with Crippen LogP contribution >= 0.6 is 27.2 Å². The molecule has 1 aliphatic heterocycles. The first-order valence-electron chi connectivity index (χ1n) is 11.0. The number of aliphatic hydroxyl groups is 2. The second kappa shape index (κ2) is 11.5. The summed E-state index contributed by atoms with van der Waals surface area (Å²) in [7, 11) is -10.6. The van der Waals surface area contributed by atoms with E-state index in [0.29, 0.717) is 21.8 Å². The first-order chi connectivity index (χ1) is 18.3. The van der Waals surface area contributed by atoms with Gasteiger partial charge in [-0.3, -0.25) is 23.4 Å². The molecule has 0 saturated carbocycles. The maximum absolute atomic E-state index is 13.2. The molecule has 0 aliphatic carbocycles. The molecular formula is C21H22ClN3O12P2. The van der Waals surface area contributed by atoms with Crippen LogP contribution in [-0.4, -0.2) is 63.9 Å². The number of pyridine rings is 1. The van der Waals surface area contributed by atoms with E-state index in [1.165, 1.54) is 6.20 Å². The highest BCUT2D eigenvalue weighted by molar-refractivity contribution is 7.60. The van der Waals surface area contributed by atoms with Gasteiger partial charge in [0.15, 0.2) is 6.23 Å². The Bertz CT molecular complexity index is 1570. The third kappa shape index (κ3) is 6.98. The predicted octanol–water partition coefficient (Wildman–Crippen LogP) is 0.619. The van der Waals surface area contributed by atoms with Crippen molar-refractivity contribution in [3.05, 3.63) is 86.4 Å². The molecule has 18 heteroatoms. The van der Waals surface area contributed by atoms with Crippen LogP contribution in [0.2, 0.25) is 5.02 Å². The van der Waals surface area contributed by atoms with E-state index in [-0.39, 0.29) is 6.54 Å². The van der Waals surface area contributed by atoms with E-state index in [9.17, 15) is 33.8 Å². The third-order valence-corrected chi connectivity index (χ3v) is 8.12. The van der Waals surface area contributed by atoms with Crippen LogP contribution in [0.3, 0.4) is 0 Å². The zero-order valence-electron chi connectivity index (χ0n) is 19.6. The largest absolute Gasteiger partial charge is 0.481 e. The number of phosphoric acid groups is 2. The van der Waals surface area contributed by atoms with Crippen LogP contribution in [0.15, 0.2) is 64.4 Å². The number of phosphoric ester groups is 1. The average molecular weight is 606 g/mol. The van der Waals surface area contributed by atoms with Crippen molar-refractivity contribution in [1.29, 1.82) is 0 Å². The standard InChI is InChI=1S/C21H22ClN3O12P2/c22-15-4-2-1-3-14(15)12-5-7-23-13(9-12)10-25-17(26)6-8-24(21(25)29)20-19(28)18(27)16(36-20)11-35-39(33,34)37-38(30,31)32/h1-9,16,18-20,27-28H,10-11H2,(H,33,34)(H2,30,31,32)/t16-,18?,19?,20-/m1/s1. The van der Waals surface area contributed by atoms with Crippen molar-refractivity contribution in [2.24, 2.45) is 0 Å². The van der Waals surface area contributed by atoms with Crippen LogP contribution in [0, 0.1) is 0 Å². The number of aliphatic hydroxyl groups excluding tert-OH is 2. The van der Waals surface area contributed by atoms with Gasteiger partial charge in [-0.1, -0.05) is 29.8 Å². The van der Waals surface area contributed by atoms with Crippen molar-refractivity contribution in [3.8, 4) is 11.1 Å². The summed E-state index contributed by atoms with van der Waals surface area (Å²) in [5, 5.41) is 21.3. The minimum atomic E-state index is -5.39. The summed E-state index contributed by atoms with van der Waals surface area (Å²) in [4.78, 5) is 56.7. The highest BCUT2D eigenvalue weighted by atomic mass is 35.5. The maximum Gasteiger partial charge on any atom is 0.481 e.